The summed E-state index contributed by atoms with van der Waals surface area (Å²) in [6.07, 6.45) is 0.985. The number of nitrogens with zero attached hydrogens (tertiary/aromatic N) is 2. The van der Waals surface area contributed by atoms with Gasteiger partial charge in [-0.25, -0.2) is 0 Å². The summed E-state index contributed by atoms with van der Waals surface area (Å²) in [6, 6.07) is 0. The van der Waals surface area contributed by atoms with Gasteiger partial charge in [0.1, 0.15) is 5.66 Å². The first-order chi connectivity index (χ1) is 4.52. The van der Waals surface area contributed by atoms with Gasteiger partial charge in [-0.1, -0.05) is 6.92 Å². The van der Waals surface area contributed by atoms with Crippen molar-refractivity contribution in [3.05, 3.63) is 0 Å². The summed E-state index contributed by atoms with van der Waals surface area (Å²) >= 11 is 0. The normalized spacial score (nSPS) is 13.4. The van der Waals surface area contributed by atoms with Crippen LogP contribution < -0.4 is 0 Å². The minimum absolute atomic E-state index is 0.333. The fourth-order valence-electron chi connectivity index (χ4n) is 0.581. The molecule has 0 fully saturated rings. The predicted octanol–water partition coefficient (Wildman–Crippen LogP) is 2.29. The van der Waals surface area contributed by atoms with Crippen LogP contribution in [0.3, 0.4) is 0 Å². The molecule has 0 aromatic rings. The van der Waals surface area contributed by atoms with Gasteiger partial charge in [0.15, 0.2) is 0 Å². The van der Waals surface area contributed by atoms with Gasteiger partial charge in [-0.15, -0.1) is 0 Å². The van der Waals surface area contributed by atoms with Crippen molar-refractivity contribution < 1.29 is 0 Å². The molecule has 0 saturated heterocycles. The van der Waals surface area contributed by atoms with Crippen LogP contribution in [0, 0.1) is 0 Å². The molecule has 0 aliphatic heterocycles. The summed E-state index contributed by atoms with van der Waals surface area (Å²) in [5, 5.41) is 0. The molecule has 58 valence electrons. The molecule has 0 amide bonds. The molecular weight excluding hydrogens is 124 g/mol. The Labute approximate surface area is 63.1 Å². The van der Waals surface area contributed by atoms with E-state index in [1.807, 2.05) is 20.8 Å². The van der Waals surface area contributed by atoms with E-state index in [9.17, 15) is 0 Å². The van der Waals surface area contributed by atoms with Crippen LogP contribution in [0.1, 0.15) is 34.1 Å². The van der Waals surface area contributed by atoms with E-state index in [0.29, 0.717) is 0 Å². The highest BCUT2D eigenvalue weighted by molar-refractivity contribution is 5.81. The number of aliphatic imine (C=N–C) groups is 2. The Morgan fingerprint density at radius 2 is 2.00 bits per heavy atom. The molecule has 0 spiro atoms. The van der Waals surface area contributed by atoms with Crippen molar-refractivity contribution in [3.8, 4) is 0 Å². The van der Waals surface area contributed by atoms with Gasteiger partial charge in [0, 0.05) is 5.71 Å². The minimum atomic E-state index is -0.333. The Bertz CT molecular complexity index is 145. The lowest BCUT2D eigenvalue weighted by molar-refractivity contribution is 0.556. The standard InChI is InChI=1S/C8H16N2/c1-6-7(2)10-8(3,4)9-5/h5-6H2,1-4H3. The fraction of sp³-hybridized carbons (Fsp3) is 0.750. The van der Waals surface area contributed by atoms with Crippen molar-refractivity contribution in [3.63, 3.8) is 0 Å². The van der Waals surface area contributed by atoms with Crippen LogP contribution in [0.15, 0.2) is 9.98 Å². The van der Waals surface area contributed by atoms with Crippen LogP contribution in [0.2, 0.25) is 0 Å². The lowest BCUT2D eigenvalue weighted by Gasteiger charge is -2.13. The first-order valence-corrected chi connectivity index (χ1v) is 3.55. The second-order valence-corrected chi connectivity index (χ2v) is 2.85. The molecule has 0 aromatic carbocycles. The lowest BCUT2D eigenvalue weighted by Crippen LogP contribution is -2.14. The highest BCUT2D eigenvalue weighted by Crippen LogP contribution is 2.09. The van der Waals surface area contributed by atoms with Crippen LogP contribution in [0.4, 0.5) is 0 Å². The summed E-state index contributed by atoms with van der Waals surface area (Å²) in [4.78, 5) is 8.20. The first-order valence-electron chi connectivity index (χ1n) is 3.55. The zero-order valence-corrected chi connectivity index (χ0v) is 7.31. The van der Waals surface area contributed by atoms with E-state index >= 15 is 0 Å². The molecule has 0 atom stereocenters. The molecule has 0 rings (SSSR count). The summed E-state index contributed by atoms with van der Waals surface area (Å²) in [6.45, 7) is 11.4. The van der Waals surface area contributed by atoms with Crippen molar-refractivity contribution in [2.45, 2.75) is 39.8 Å². The second-order valence-electron chi connectivity index (χ2n) is 2.85. The Hall–Kier alpha value is -0.660. The van der Waals surface area contributed by atoms with E-state index in [4.69, 9.17) is 0 Å². The molecule has 0 bridgehead atoms. The maximum atomic E-state index is 4.33. The molecular formula is C8H16N2. The topological polar surface area (TPSA) is 24.7 Å². The Morgan fingerprint density at radius 1 is 1.50 bits per heavy atom. The van der Waals surface area contributed by atoms with Crippen LogP contribution in [0.5, 0.6) is 0 Å². The van der Waals surface area contributed by atoms with Crippen LogP contribution in [-0.4, -0.2) is 18.1 Å². The molecule has 2 heteroatoms. The van der Waals surface area contributed by atoms with Gasteiger partial charge in [0.2, 0.25) is 0 Å². The Kier molecular flexibility index (Phi) is 3.26. The molecule has 0 heterocycles. The van der Waals surface area contributed by atoms with Gasteiger partial charge in [0.25, 0.3) is 0 Å². The molecule has 0 aliphatic rings. The highest BCUT2D eigenvalue weighted by Gasteiger charge is 2.10. The molecule has 10 heavy (non-hydrogen) atoms. The Morgan fingerprint density at radius 3 is 2.30 bits per heavy atom. The predicted molar refractivity (Wildman–Crippen MR) is 47.0 cm³/mol. The van der Waals surface area contributed by atoms with Crippen molar-refractivity contribution in [1.29, 1.82) is 0 Å². The zero-order valence-electron chi connectivity index (χ0n) is 7.31. The SMILES string of the molecule is C=NC(C)(C)N=C(C)CC. The van der Waals surface area contributed by atoms with Crippen LogP contribution in [-0.2, 0) is 0 Å². The van der Waals surface area contributed by atoms with E-state index in [1.165, 1.54) is 0 Å². The quantitative estimate of drug-likeness (QED) is 0.537. The third kappa shape index (κ3) is 3.38. The van der Waals surface area contributed by atoms with E-state index in [-0.39, 0.29) is 5.66 Å². The van der Waals surface area contributed by atoms with Crippen LogP contribution in [0.25, 0.3) is 0 Å². The first kappa shape index (κ1) is 9.34. The zero-order chi connectivity index (χ0) is 8.20. The van der Waals surface area contributed by atoms with Crippen molar-refractivity contribution in [2.24, 2.45) is 9.98 Å². The van der Waals surface area contributed by atoms with Crippen LogP contribution >= 0.6 is 0 Å². The Balaban J connectivity index is 4.22. The maximum absolute atomic E-state index is 4.33. The maximum Gasteiger partial charge on any atom is 0.143 e. The fourth-order valence-corrected chi connectivity index (χ4v) is 0.581. The number of hydrogen-bond donors (Lipinski definition) is 0. The molecule has 0 N–H and O–H groups in total. The van der Waals surface area contributed by atoms with E-state index in [2.05, 4.69) is 23.6 Å². The molecule has 0 radical (unpaired) electrons. The highest BCUT2D eigenvalue weighted by atomic mass is 15.0. The van der Waals surface area contributed by atoms with Gasteiger partial charge >= 0.3 is 0 Å². The van der Waals surface area contributed by atoms with Gasteiger partial charge < -0.3 is 0 Å². The van der Waals surface area contributed by atoms with Crippen molar-refractivity contribution in [2.75, 3.05) is 0 Å². The number of rotatable bonds is 3. The third-order valence-electron chi connectivity index (χ3n) is 1.36. The molecule has 0 saturated carbocycles. The molecule has 2 nitrogen and oxygen atoms in total. The molecule has 0 unspecified atom stereocenters. The average molecular weight is 140 g/mol. The minimum Gasteiger partial charge on any atom is -0.272 e. The smallest absolute Gasteiger partial charge is 0.143 e. The lowest BCUT2D eigenvalue weighted by atomic mass is 10.2. The van der Waals surface area contributed by atoms with E-state index in [0.717, 1.165) is 12.1 Å². The average Bonchev–Trinajstić information content (AvgIpc) is 1.87. The summed E-state index contributed by atoms with van der Waals surface area (Å²) in [5.74, 6) is 0. The van der Waals surface area contributed by atoms with E-state index in [1.54, 1.807) is 0 Å². The molecule has 0 aromatic heterocycles. The van der Waals surface area contributed by atoms with Crippen molar-refractivity contribution in [1.82, 2.24) is 0 Å². The van der Waals surface area contributed by atoms with E-state index < -0.39 is 0 Å². The van der Waals surface area contributed by atoms with Crippen molar-refractivity contribution >= 4 is 12.4 Å². The monoisotopic (exact) mass is 140 g/mol. The second kappa shape index (κ2) is 3.49. The molecule has 0 aliphatic carbocycles. The third-order valence-corrected chi connectivity index (χ3v) is 1.36. The summed E-state index contributed by atoms with van der Waals surface area (Å²) in [7, 11) is 0. The van der Waals surface area contributed by atoms with Gasteiger partial charge in [-0.05, 0) is 33.9 Å². The summed E-state index contributed by atoms with van der Waals surface area (Å²) in [5.41, 5.74) is 0.789. The largest absolute Gasteiger partial charge is 0.272 e. The van der Waals surface area contributed by atoms with Gasteiger partial charge in [0.05, 0.1) is 0 Å². The summed E-state index contributed by atoms with van der Waals surface area (Å²) < 4.78 is 0. The van der Waals surface area contributed by atoms with Gasteiger partial charge in [-0.3, -0.25) is 9.98 Å². The van der Waals surface area contributed by atoms with Gasteiger partial charge in [-0.2, -0.15) is 0 Å². The number of hydrogen-bond acceptors (Lipinski definition) is 2.